The second-order valence-electron chi connectivity index (χ2n) is 11.9. The van der Waals surface area contributed by atoms with E-state index in [1.807, 2.05) is 0 Å². The third-order valence-electron chi connectivity index (χ3n) is 8.06. The summed E-state index contributed by atoms with van der Waals surface area (Å²) in [5.74, 6) is 0. The van der Waals surface area contributed by atoms with Gasteiger partial charge in [0, 0.05) is 36.8 Å². The Morgan fingerprint density at radius 3 is 2.22 bits per heavy atom. The molecule has 0 radical (unpaired) electrons. The smallest absolute Gasteiger partial charge is 0.333 e. The second kappa shape index (κ2) is 21.7. The zero-order chi connectivity index (χ0) is 33.1. The van der Waals surface area contributed by atoms with Gasteiger partial charge in [-0.1, -0.05) is 95.5 Å². The molecule has 2 heterocycles. The predicted octanol–water partition coefficient (Wildman–Crippen LogP) is 5.84. The molecule has 1 aromatic rings. The Morgan fingerprint density at radius 1 is 1.09 bits per heavy atom. The number of unbranched alkanes of at least 4 members (excludes halogenated alkanes) is 13. The van der Waals surface area contributed by atoms with Crippen LogP contribution in [-0.2, 0) is 23.3 Å². The minimum atomic E-state index is -4.41. The lowest BCUT2D eigenvalue weighted by molar-refractivity contribution is -0.143. The molecule has 15 heteroatoms. The molecular formula is C30H54N5O9P. The molecule has 1 saturated heterocycles. The van der Waals surface area contributed by atoms with Gasteiger partial charge < -0.3 is 24.2 Å². The van der Waals surface area contributed by atoms with E-state index in [1.165, 1.54) is 90.9 Å². The number of hydrogen-bond donors (Lipinski definition) is 3. The molecule has 3 unspecified atom stereocenters. The van der Waals surface area contributed by atoms with Gasteiger partial charge in [-0.15, -0.1) is 0 Å². The Labute approximate surface area is 266 Å². The van der Waals surface area contributed by atoms with Crippen LogP contribution in [-0.4, -0.2) is 70.6 Å². The lowest BCUT2D eigenvalue weighted by atomic mass is 10.0. The molecule has 45 heavy (non-hydrogen) atoms. The predicted molar refractivity (Wildman–Crippen MR) is 171 cm³/mol. The van der Waals surface area contributed by atoms with E-state index in [2.05, 4.69) is 21.9 Å². The molecule has 6 atom stereocenters. The molecule has 1 fully saturated rings. The average Bonchev–Trinajstić information content (AvgIpc) is 3.41. The van der Waals surface area contributed by atoms with Gasteiger partial charge >= 0.3 is 13.3 Å². The molecule has 0 aliphatic carbocycles. The summed E-state index contributed by atoms with van der Waals surface area (Å²) in [7, 11) is -3.02. The molecule has 0 bridgehead atoms. The van der Waals surface area contributed by atoms with Crippen molar-refractivity contribution in [2.45, 2.75) is 141 Å². The van der Waals surface area contributed by atoms with Gasteiger partial charge in [0.2, 0.25) is 0 Å². The third kappa shape index (κ3) is 15.0. The molecule has 3 N–H and O–H groups in total. The molecule has 0 spiro atoms. The first-order chi connectivity index (χ1) is 21.6. The van der Waals surface area contributed by atoms with Gasteiger partial charge in [0.1, 0.15) is 12.3 Å². The molecular weight excluding hydrogens is 605 g/mol. The van der Waals surface area contributed by atoms with E-state index >= 15 is 0 Å². The second-order valence-corrected chi connectivity index (χ2v) is 13.7. The summed E-state index contributed by atoms with van der Waals surface area (Å²) in [6.45, 7) is 4.33. The van der Waals surface area contributed by atoms with E-state index in [-0.39, 0.29) is 18.6 Å². The zero-order valence-electron chi connectivity index (χ0n) is 27.2. The number of aliphatic hydroxyl groups is 1. The minimum Gasteiger partial charge on any atom is -0.379 e. The van der Waals surface area contributed by atoms with Gasteiger partial charge in [-0.2, -0.15) is 0 Å². The maximum Gasteiger partial charge on any atom is 0.333 e. The van der Waals surface area contributed by atoms with E-state index in [0.717, 1.165) is 23.8 Å². The Balaban J connectivity index is 1.67. The summed E-state index contributed by atoms with van der Waals surface area (Å²) in [4.78, 5) is 39.4. The van der Waals surface area contributed by atoms with Crippen molar-refractivity contribution < 1.29 is 33.3 Å². The summed E-state index contributed by atoms with van der Waals surface area (Å²) in [6, 6.07) is -1.01. The Hall–Kier alpha value is -2.02. The molecule has 14 nitrogen and oxygen atoms in total. The summed E-state index contributed by atoms with van der Waals surface area (Å²) in [5.41, 5.74) is 7.90. The molecule has 1 aliphatic rings. The highest BCUT2D eigenvalue weighted by Gasteiger charge is 2.43. The van der Waals surface area contributed by atoms with Crippen LogP contribution in [0.2, 0.25) is 0 Å². The first-order valence-electron chi connectivity index (χ1n) is 16.4. The zero-order valence-corrected chi connectivity index (χ0v) is 28.1. The SMILES string of the molecule is CCCCCCCCCCCCCCCCOCC(CP(=O)(O)OC(O)[C@H]1O[C@@H](n2cc(C)c(=O)[nH]c2=O)C[C@@H]1N=[N+]=[N-])OC. The summed E-state index contributed by atoms with van der Waals surface area (Å²) in [5, 5.41) is 14.2. The molecule has 0 saturated carbocycles. The number of aromatic nitrogens is 2. The lowest BCUT2D eigenvalue weighted by Crippen LogP contribution is -2.36. The lowest BCUT2D eigenvalue weighted by Gasteiger charge is -2.25. The number of aromatic amines is 1. The number of nitrogens with one attached hydrogen (secondary N) is 1. The minimum absolute atomic E-state index is 0.0376. The van der Waals surface area contributed by atoms with E-state index < -0.39 is 55.8 Å². The maximum atomic E-state index is 12.9. The number of nitrogens with zero attached hydrogens (tertiary/aromatic N) is 4. The first kappa shape index (κ1) is 39.2. The highest BCUT2D eigenvalue weighted by atomic mass is 31.2. The number of rotatable bonds is 25. The number of aliphatic hydroxyl groups excluding tert-OH is 1. The topological polar surface area (TPSA) is 198 Å². The molecule has 1 aliphatic heterocycles. The van der Waals surface area contributed by atoms with Crippen molar-refractivity contribution in [1.29, 1.82) is 0 Å². The van der Waals surface area contributed by atoms with Crippen LogP contribution >= 0.6 is 7.60 Å². The quantitative estimate of drug-likeness (QED) is 0.0288. The van der Waals surface area contributed by atoms with Crippen LogP contribution < -0.4 is 11.2 Å². The highest BCUT2D eigenvalue weighted by molar-refractivity contribution is 7.52. The van der Waals surface area contributed by atoms with Crippen LogP contribution in [0.25, 0.3) is 10.4 Å². The maximum absolute atomic E-state index is 12.9. The van der Waals surface area contributed by atoms with Crippen molar-refractivity contribution in [3.63, 3.8) is 0 Å². The summed E-state index contributed by atoms with van der Waals surface area (Å²) >= 11 is 0. The van der Waals surface area contributed by atoms with Crippen LogP contribution in [0.4, 0.5) is 0 Å². The fourth-order valence-corrected chi connectivity index (χ4v) is 6.73. The number of azide groups is 1. The van der Waals surface area contributed by atoms with Gasteiger partial charge in [-0.3, -0.25) is 23.4 Å². The average molecular weight is 660 g/mol. The van der Waals surface area contributed by atoms with Crippen molar-refractivity contribution in [3.8, 4) is 0 Å². The van der Waals surface area contributed by atoms with Crippen molar-refractivity contribution in [2.24, 2.45) is 5.11 Å². The molecule has 0 aromatic carbocycles. The highest BCUT2D eigenvalue weighted by Crippen LogP contribution is 2.46. The summed E-state index contributed by atoms with van der Waals surface area (Å²) < 4.78 is 35.7. The molecule has 1 aromatic heterocycles. The molecule has 258 valence electrons. The Kier molecular flexibility index (Phi) is 18.9. The van der Waals surface area contributed by atoms with Crippen LogP contribution in [0.15, 0.2) is 20.9 Å². The van der Waals surface area contributed by atoms with Crippen molar-refractivity contribution in [2.75, 3.05) is 26.5 Å². The van der Waals surface area contributed by atoms with Crippen molar-refractivity contribution >= 4 is 7.60 Å². The number of aryl methyl sites for hydroxylation is 1. The molecule has 2 rings (SSSR count). The number of hydrogen-bond acceptors (Lipinski definition) is 9. The van der Waals surface area contributed by atoms with Crippen molar-refractivity contribution in [1.82, 2.24) is 9.55 Å². The fraction of sp³-hybridized carbons (Fsp3) is 0.867. The van der Waals surface area contributed by atoms with Crippen LogP contribution in [0.1, 0.15) is 115 Å². The van der Waals surface area contributed by atoms with E-state index in [9.17, 15) is 24.2 Å². The largest absolute Gasteiger partial charge is 0.379 e. The van der Waals surface area contributed by atoms with Gasteiger partial charge in [0.05, 0.1) is 24.9 Å². The van der Waals surface area contributed by atoms with Crippen LogP contribution in [0, 0.1) is 6.92 Å². The van der Waals surface area contributed by atoms with Gasteiger partial charge in [0.15, 0.2) is 6.29 Å². The standard InChI is InChI=1S/C30H54N5O9P/c1-4-5-6-7-8-9-10-11-12-13-14-15-16-17-18-42-21-24(41-3)22-45(39,40)44-29(37)27-25(33-34-31)19-26(43-27)35-20-23(2)28(36)32-30(35)38/h20,24-27,29,37H,4-19,21-22H2,1-3H3,(H,39,40)(H,32,36,38)/t24?,25-,26+,27-,29?/m0/s1. The third-order valence-corrected chi connectivity index (χ3v) is 9.47. The van der Waals surface area contributed by atoms with Gasteiger partial charge in [0.25, 0.3) is 5.56 Å². The van der Waals surface area contributed by atoms with E-state index in [1.54, 1.807) is 0 Å². The van der Waals surface area contributed by atoms with Crippen LogP contribution in [0.3, 0.4) is 0 Å². The Morgan fingerprint density at radius 2 is 1.67 bits per heavy atom. The van der Waals surface area contributed by atoms with E-state index in [0.29, 0.717) is 6.61 Å². The van der Waals surface area contributed by atoms with Gasteiger partial charge in [-0.05, 0) is 18.9 Å². The number of ether oxygens (including phenoxy) is 3. The normalized spacial score (nSPS) is 20.9. The number of methoxy groups -OCH3 is 1. The van der Waals surface area contributed by atoms with Crippen molar-refractivity contribution in [3.05, 3.63) is 43.0 Å². The monoisotopic (exact) mass is 659 g/mol. The number of H-pyrrole nitrogens is 1. The van der Waals surface area contributed by atoms with E-state index in [4.69, 9.17) is 24.3 Å². The Bertz CT molecular complexity index is 1190. The molecule has 0 amide bonds. The summed E-state index contributed by atoms with van der Waals surface area (Å²) in [6.07, 6.45) is 13.4. The first-order valence-corrected chi connectivity index (χ1v) is 18.2. The fourth-order valence-electron chi connectivity index (χ4n) is 5.42. The van der Waals surface area contributed by atoms with Crippen LogP contribution in [0.5, 0.6) is 0 Å². The van der Waals surface area contributed by atoms with Gasteiger partial charge in [-0.25, -0.2) is 4.79 Å².